The summed E-state index contributed by atoms with van der Waals surface area (Å²) >= 11 is 0. The molecule has 1 aromatic heterocycles. The van der Waals surface area contributed by atoms with Crippen LogP contribution in [-0.4, -0.2) is 48.8 Å². The lowest BCUT2D eigenvalue weighted by Gasteiger charge is -2.34. The lowest BCUT2D eigenvalue weighted by atomic mass is 10.2. The van der Waals surface area contributed by atoms with E-state index in [2.05, 4.69) is 19.6 Å². The second-order valence-electron chi connectivity index (χ2n) is 3.87. The first-order chi connectivity index (χ1) is 8.22. The van der Waals surface area contributed by atoms with Gasteiger partial charge in [0, 0.05) is 6.54 Å². The van der Waals surface area contributed by atoms with Crippen LogP contribution in [0.15, 0.2) is 12.4 Å². The molecule has 92 valence electrons. The van der Waals surface area contributed by atoms with E-state index in [1.54, 1.807) is 6.20 Å². The molecule has 6 heteroatoms. The maximum absolute atomic E-state index is 11.4. The third kappa shape index (κ3) is 2.52. The van der Waals surface area contributed by atoms with Crippen LogP contribution in [0.5, 0.6) is 0 Å². The molecule has 1 fully saturated rings. The molecule has 6 nitrogen and oxygen atoms in total. The van der Waals surface area contributed by atoms with Crippen LogP contribution in [0.3, 0.4) is 0 Å². The molecule has 2 rings (SSSR count). The Kier molecular flexibility index (Phi) is 3.53. The monoisotopic (exact) mass is 237 g/mol. The molecule has 0 aromatic carbocycles. The summed E-state index contributed by atoms with van der Waals surface area (Å²) < 4.78 is 9.97. The number of carbonyl (C=O) groups excluding carboxylic acids is 1. The summed E-state index contributed by atoms with van der Waals surface area (Å²) in [4.78, 5) is 21.7. The number of hydrogen-bond acceptors (Lipinski definition) is 6. The van der Waals surface area contributed by atoms with Crippen molar-refractivity contribution in [1.82, 2.24) is 9.97 Å². The lowest BCUT2D eigenvalue weighted by molar-refractivity contribution is 0.0593. The van der Waals surface area contributed by atoms with E-state index < -0.39 is 5.97 Å². The highest BCUT2D eigenvalue weighted by Crippen LogP contribution is 2.16. The molecule has 2 heterocycles. The number of carbonyl (C=O) groups is 1. The molecule has 0 saturated carbocycles. The minimum atomic E-state index is -0.472. The Hall–Kier alpha value is -1.69. The minimum absolute atomic E-state index is 0.226. The highest BCUT2D eigenvalue weighted by Gasteiger charge is 2.21. The Morgan fingerprint density at radius 3 is 3.12 bits per heavy atom. The molecule has 1 aliphatic rings. The average molecular weight is 237 g/mol. The van der Waals surface area contributed by atoms with Crippen molar-refractivity contribution >= 4 is 11.8 Å². The zero-order valence-corrected chi connectivity index (χ0v) is 9.92. The molecule has 1 unspecified atom stereocenters. The molecule has 0 radical (unpaired) electrons. The molecule has 0 bridgehead atoms. The van der Waals surface area contributed by atoms with Gasteiger partial charge in [0.05, 0.1) is 38.8 Å². The zero-order chi connectivity index (χ0) is 12.3. The second-order valence-corrected chi connectivity index (χ2v) is 3.87. The first kappa shape index (κ1) is 11.8. The van der Waals surface area contributed by atoms with E-state index in [1.165, 1.54) is 13.3 Å². The fourth-order valence-electron chi connectivity index (χ4n) is 1.76. The zero-order valence-electron chi connectivity index (χ0n) is 9.92. The van der Waals surface area contributed by atoms with Gasteiger partial charge in [-0.25, -0.2) is 9.78 Å². The number of nitrogens with zero attached hydrogens (tertiary/aromatic N) is 3. The maximum atomic E-state index is 11.4. The topological polar surface area (TPSA) is 64.5 Å². The number of hydrogen-bond donors (Lipinski definition) is 0. The van der Waals surface area contributed by atoms with Crippen LogP contribution in [-0.2, 0) is 9.47 Å². The molecule has 0 aliphatic carbocycles. The van der Waals surface area contributed by atoms with E-state index in [4.69, 9.17) is 4.74 Å². The normalized spacial score (nSPS) is 20.1. The molecule has 17 heavy (non-hydrogen) atoms. The van der Waals surface area contributed by atoms with Gasteiger partial charge in [0.15, 0.2) is 5.69 Å². The molecular formula is C11H15N3O3. The number of anilines is 1. The number of morpholine rings is 1. The van der Waals surface area contributed by atoms with Crippen molar-refractivity contribution in [1.29, 1.82) is 0 Å². The standard InChI is InChI=1S/C11H15N3O3/c1-8-7-17-4-3-14(8)10-6-12-5-9(13-10)11(15)16-2/h5-6,8H,3-4,7H2,1-2H3. The highest BCUT2D eigenvalue weighted by atomic mass is 16.5. The van der Waals surface area contributed by atoms with Crippen LogP contribution in [0.1, 0.15) is 17.4 Å². The number of ether oxygens (including phenoxy) is 2. The second kappa shape index (κ2) is 5.09. The Labute approximate surface area is 99.6 Å². The lowest BCUT2D eigenvalue weighted by Crippen LogP contribution is -2.44. The van der Waals surface area contributed by atoms with Crippen LogP contribution in [0, 0.1) is 0 Å². The SMILES string of the molecule is COC(=O)c1cncc(N2CCOCC2C)n1. The van der Waals surface area contributed by atoms with Crippen LogP contribution in [0.4, 0.5) is 5.82 Å². The van der Waals surface area contributed by atoms with Crippen LogP contribution >= 0.6 is 0 Å². The van der Waals surface area contributed by atoms with Gasteiger partial charge in [0.1, 0.15) is 5.82 Å². The van der Waals surface area contributed by atoms with E-state index in [0.717, 1.165) is 6.54 Å². The van der Waals surface area contributed by atoms with E-state index in [9.17, 15) is 4.79 Å². The summed E-state index contributed by atoms with van der Waals surface area (Å²) in [6, 6.07) is 0.228. The van der Waals surface area contributed by atoms with Crippen molar-refractivity contribution in [3.05, 3.63) is 18.1 Å². The molecule has 1 aliphatic heterocycles. The molecule has 0 N–H and O–H groups in total. The summed E-state index contributed by atoms with van der Waals surface area (Å²) in [5, 5.41) is 0. The number of esters is 1. The van der Waals surface area contributed by atoms with Crippen molar-refractivity contribution < 1.29 is 14.3 Å². The van der Waals surface area contributed by atoms with E-state index >= 15 is 0 Å². The first-order valence-corrected chi connectivity index (χ1v) is 5.47. The van der Waals surface area contributed by atoms with Crippen molar-refractivity contribution in [3.8, 4) is 0 Å². The van der Waals surface area contributed by atoms with Gasteiger partial charge >= 0.3 is 5.97 Å². The molecular weight excluding hydrogens is 222 g/mol. The highest BCUT2D eigenvalue weighted by molar-refractivity contribution is 5.87. The summed E-state index contributed by atoms with van der Waals surface area (Å²) in [6.07, 6.45) is 3.05. The predicted octanol–water partition coefficient (Wildman–Crippen LogP) is 0.488. The van der Waals surface area contributed by atoms with Gasteiger partial charge < -0.3 is 14.4 Å². The van der Waals surface area contributed by atoms with Gasteiger partial charge in [-0.15, -0.1) is 0 Å². The fraction of sp³-hybridized carbons (Fsp3) is 0.545. The van der Waals surface area contributed by atoms with Crippen molar-refractivity contribution in [2.24, 2.45) is 0 Å². The average Bonchev–Trinajstić information content (AvgIpc) is 2.38. The molecule has 1 atom stereocenters. The predicted molar refractivity (Wildman–Crippen MR) is 61.0 cm³/mol. The first-order valence-electron chi connectivity index (χ1n) is 5.47. The summed E-state index contributed by atoms with van der Waals surface area (Å²) in [5.41, 5.74) is 0.226. The van der Waals surface area contributed by atoms with Crippen molar-refractivity contribution in [3.63, 3.8) is 0 Å². The van der Waals surface area contributed by atoms with E-state index in [0.29, 0.717) is 19.0 Å². The number of rotatable bonds is 2. The van der Waals surface area contributed by atoms with Crippen LogP contribution in [0.25, 0.3) is 0 Å². The molecule has 0 amide bonds. The Balaban J connectivity index is 2.23. The smallest absolute Gasteiger partial charge is 0.358 e. The Morgan fingerprint density at radius 1 is 1.59 bits per heavy atom. The van der Waals surface area contributed by atoms with Gasteiger partial charge in [-0.05, 0) is 6.92 Å². The third-order valence-electron chi connectivity index (χ3n) is 2.68. The molecule has 1 aromatic rings. The third-order valence-corrected chi connectivity index (χ3v) is 2.68. The quantitative estimate of drug-likeness (QED) is 0.697. The number of aromatic nitrogens is 2. The van der Waals surface area contributed by atoms with Gasteiger partial charge in [0.25, 0.3) is 0 Å². The van der Waals surface area contributed by atoms with Gasteiger partial charge in [-0.1, -0.05) is 0 Å². The molecule has 0 spiro atoms. The van der Waals surface area contributed by atoms with Crippen molar-refractivity contribution in [2.75, 3.05) is 31.8 Å². The van der Waals surface area contributed by atoms with Gasteiger partial charge in [-0.3, -0.25) is 4.98 Å². The summed E-state index contributed by atoms with van der Waals surface area (Å²) in [7, 11) is 1.33. The van der Waals surface area contributed by atoms with Crippen molar-refractivity contribution in [2.45, 2.75) is 13.0 Å². The maximum Gasteiger partial charge on any atom is 0.358 e. The van der Waals surface area contributed by atoms with E-state index in [-0.39, 0.29) is 11.7 Å². The number of methoxy groups -OCH3 is 1. The Morgan fingerprint density at radius 2 is 2.41 bits per heavy atom. The Bertz CT molecular complexity index is 411. The van der Waals surface area contributed by atoms with Gasteiger partial charge in [-0.2, -0.15) is 0 Å². The fourth-order valence-corrected chi connectivity index (χ4v) is 1.76. The largest absolute Gasteiger partial charge is 0.464 e. The molecule has 1 saturated heterocycles. The van der Waals surface area contributed by atoms with Crippen LogP contribution in [0.2, 0.25) is 0 Å². The van der Waals surface area contributed by atoms with Gasteiger partial charge in [0.2, 0.25) is 0 Å². The minimum Gasteiger partial charge on any atom is -0.464 e. The van der Waals surface area contributed by atoms with Crippen LogP contribution < -0.4 is 4.90 Å². The van der Waals surface area contributed by atoms with E-state index in [1.807, 2.05) is 6.92 Å². The summed E-state index contributed by atoms with van der Waals surface area (Å²) in [6.45, 7) is 4.12. The summed E-state index contributed by atoms with van der Waals surface area (Å²) in [5.74, 6) is 0.212.